The van der Waals surface area contributed by atoms with Crippen LogP contribution in [0.4, 0.5) is 0 Å². The van der Waals surface area contributed by atoms with E-state index in [4.69, 9.17) is 21.0 Å². The molecule has 1 aromatic heterocycles. The lowest BCUT2D eigenvalue weighted by Gasteiger charge is -2.31. The molecule has 0 atom stereocenters. The number of carbonyl (C=O) groups excluding carboxylic acids is 1. The van der Waals surface area contributed by atoms with Crippen molar-refractivity contribution in [2.75, 3.05) is 39.3 Å². The minimum Gasteiger partial charge on any atom is -0.441 e. The van der Waals surface area contributed by atoms with Gasteiger partial charge in [0.1, 0.15) is 5.76 Å². The van der Waals surface area contributed by atoms with Gasteiger partial charge in [-0.3, -0.25) is 9.69 Å². The number of hydrogen-bond acceptors (Lipinski definition) is 5. The van der Waals surface area contributed by atoms with E-state index in [-0.39, 0.29) is 11.8 Å². The summed E-state index contributed by atoms with van der Waals surface area (Å²) in [5, 5.41) is 3.83. The molecule has 0 unspecified atom stereocenters. The second-order valence-electron chi connectivity index (χ2n) is 9.55. The van der Waals surface area contributed by atoms with Gasteiger partial charge in [-0.05, 0) is 90.3 Å². The van der Waals surface area contributed by atoms with Crippen LogP contribution in [0.2, 0.25) is 5.02 Å². The van der Waals surface area contributed by atoms with Gasteiger partial charge >= 0.3 is 0 Å². The molecule has 2 aromatic rings. The molecule has 2 fully saturated rings. The highest BCUT2D eigenvalue weighted by Crippen LogP contribution is 2.32. The maximum Gasteiger partial charge on any atom is 0.228 e. The molecule has 2 aliphatic rings. The number of aryl methyl sites for hydroxylation is 2. The molecular weight excluding hydrogens is 460 g/mol. The Hall–Kier alpha value is -1.89. The number of nitrogens with zero attached hydrogens (tertiary/aromatic N) is 3. The Balaban J connectivity index is 0.00000167. The molecule has 0 aliphatic carbocycles. The first-order chi connectivity index (χ1) is 17.0. The fourth-order valence-corrected chi connectivity index (χ4v) is 5.29. The van der Waals surface area contributed by atoms with Crippen molar-refractivity contribution in [1.29, 1.82) is 0 Å². The van der Waals surface area contributed by atoms with Crippen molar-refractivity contribution >= 4 is 17.5 Å². The standard InChI is InChI=1S/C26H37ClN4O2.C2H6/c1-19-8-6-9-22(27)24(19)26-29-23(20(2)33-26)18-31-16-10-21(11-17-31)25(32)28-12-7-15-30-13-4-3-5-14-30;1-2/h6,8-9,21H,3-5,7,10-18H2,1-2H3,(H,28,32);1-2H3. The van der Waals surface area contributed by atoms with E-state index in [2.05, 4.69) is 15.1 Å². The molecule has 3 heterocycles. The summed E-state index contributed by atoms with van der Waals surface area (Å²) in [6, 6.07) is 5.82. The van der Waals surface area contributed by atoms with Crippen LogP contribution in [0.25, 0.3) is 11.5 Å². The number of amides is 1. The largest absolute Gasteiger partial charge is 0.441 e. The molecule has 35 heavy (non-hydrogen) atoms. The fraction of sp³-hybridized carbons (Fsp3) is 0.643. The van der Waals surface area contributed by atoms with Gasteiger partial charge in [-0.2, -0.15) is 0 Å². The van der Waals surface area contributed by atoms with E-state index in [0.29, 0.717) is 10.9 Å². The molecule has 1 N–H and O–H groups in total. The second kappa shape index (κ2) is 14.0. The van der Waals surface area contributed by atoms with Crippen LogP contribution in [-0.4, -0.2) is 60.0 Å². The van der Waals surface area contributed by atoms with Crippen LogP contribution in [0.1, 0.15) is 69.4 Å². The highest BCUT2D eigenvalue weighted by atomic mass is 35.5. The first-order valence-corrected chi connectivity index (χ1v) is 13.8. The summed E-state index contributed by atoms with van der Waals surface area (Å²) in [7, 11) is 0. The SMILES string of the molecule is CC.Cc1cccc(Cl)c1-c1nc(CN2CCC(C(=O)NCCCN3CCCCC3)CC2)c(C)o1. The third-order valence-corrected chi connectivity index (χ3v) is 7.37. The molecule has 0 saturated carbocycles. The first-order valence-electron chi connectivity index (χ1n) is 13.5. The topological polar surface area (TPSA) is 61.6 Å². The van der Waals surface area contributed by atoms with Crippen LogP contribution < -0.4 is 5.32 Å². The maximum absolute atomic E-state index is 12.6. The van der Waals surface area contributed by atoms with E-state index in [0.717, 1.165) is 74.6 Å². The van der Waals surface area contributed by atoms with Crippen LogP contribution >= 0.6 is 11.6 Å². The molecule has 0 radical (unpaired) electrons. The molecule has 4 rings (SSSR count). The Labute approximate surface area is 216 Å². The molecule has 1 aromatic carbocycles. The van der Waals surface area contributed by atoms with Crippen molar-refractivity contribution in [3.05, 3.63) is 40.2 Å². The zero-order valence-electron chi connectivity index (χ0n) is 22.0. The van der Waals surface area contributed by atoms with Crippen LogP contribution in [0, 0.1) is 19.8 Å². The highest BCUT2D eigenvalue weighted by Gasteiger charge is 2.26. The van der Waals surface area contributed by atoms with Crippen LogP contribution in [0.15, 0.2) is 22.6 Å². The van der Waals surface area contributed by atoms with Gasteiger partial charge in [-0.15, -0.1) is 0 Å². The van der Waals surface area contributed by atoms with E-state index < -0.39 is 0 Å². The van der Waals surface area contributed by atoms with Gasteiger partial charge in [0.15, 0.2) is 0 Å². The molecule has 2 saturated heterocycles. The quantitative estimate of drug-likeness (QED) is 0.459. The van der Waals surface area contributed by atoms with Gasteiger partial charge in [0.2, 0.25) is 11.8 Å². The summed E-state index contributed by atoms with van der Waals surface area (Å²) in [6.45, 7) is 14.9. The zero-order chi connectivity index (χ0) is 25.2. The van der Waals surface area contributed by atoms with Crippen molar-refractivity contribution in [3.8, 4) is 11.5 Å². The Kier molecular flexibility index (Phi) is 11.1. The molecule has 0 spiro atoms. The number of hydrogen-bond donors (Lipinski definition) is 1. The number of halogens is 1. The monoisotopic (exact) mass is 502 g/mol. The molecule has 194 valence electrons. The molecule has 7 heteroatoms. The molecular formula is C28H43ClN4O2. The van der Waals surface area contributed by atoms with Crippen LogP contribution in [0.5, 0.6) is 0 Å². The van der Waals surface area contributed by atoms with Gasteiger partial charge < -0.3 is 14.6 Å². The van der Waals surface area contributed by atoms with Gasteiger partial charge in [-0.25, -0.2) is 4.98 Å². The Morgan fingerprint density at radius 2 is 1.80 bits per heavy atom. The lowest BCUT2D eigenvalue weighted by atomic mass is 9.95. The van der Waals surface area contributed by atoms with Crippen molar-refractivity contribution in [2.45, 2.75) is 72.8 Å². The number of benzene rings is 1. The molecule has 2 aliphatic heterocycles. The highest BCUT2D eigenvalue weighted by molar-refractivity contribution is 6.33. The van der Waals surface area contributed by atoms with E-state index in [1.165, 1.54) is 32.4 Å². The number of piperidine rings is 2. The van der Waals surface area contributed by atoms with Gasteiger partial charge in [0.05, 0.1) is 16.3 Å². The lowest BCUT2D eigenvalue weighted by Crippen LogP contribution is -2.41. The van der Waals surface area contributed by atoms with Crippen LogP contribution in [0.3, 0.4) is 0 Å². The van der Waals surface area contributed by atoms with E-state index in [1.54, 1.807) is 0 Å². The third-order valence-electron chi connectivity index (χ3n) is 7.06. The Morgan fingerprint density at radius 3 is 2.49 bits per heavy atom. The van der Waals surface area contributed by atoms with Gasteiger partial charge in [0, 0.05) is 19.0 Å². The summed E-state index contributed by atoms with van der Waals surface area (Å²) >= 11 is 6.40. The van der Waals surface area contributed by atoms with Crippen molar-refractivity contribution in [2.24, 2.45) is 5.92 Å². The minimum absolute atomic E-state index is 0.121. The summed E-state index contributed by atoms with van der Waals surface area (Å²) < 4.78 is 5.97. The predicted octanol–water partition coefficient (Wildman–Crippen LogP) is 5.84. The maximum atomic E-state index is 12.6. The molecule has 0 bridgehead atoms. The van der Waals surface area contributed by atoms with Gasteiger partial charge in [0.25, 0.3) is 0 Å². The average molecular weight is 503 g/mol. The molecule has 1 amide bonds. The van der Waals surface area contributed by atoms with E-state index in [1.807, 2.05) is 45.9 Å². The van der Waals surface area contributed by atoms with Crippen LogP contribution in [-0.2, 0) is 11.3 Å². The molecule has 6 nitrogen and oxygen atoms in total. The van der Waals surface area contributed by atoms with Crippen molar-refractivity contribution in [1.82, 2.24) is 20.1 Å². The van der Waals surface area contributed by atoms with Crippen molar-refractivity contribution in [3.63, 3.8) is 0 Å². The normalized spacial score (nSPS) is 17.6. The number of carbonyl (C=O) groups is 1. The number of oxazole rings is 1. The number of aromatic nitrogens is 1. The Morgan fingerprint density at radius 1 is 1.09 bits per heavy atom. The van der Waals surface area contributed by atoms with Gasteiger partial charge in [-0.1, -0.05) is 44.0 Å². The number of likely N-dealkylation sites (tertiary alicyclic amines) is 2. The first kappa shape index (κ1) is 27.7. The number of rotatable bonds is 8. The number of nitrogens with one attached hydrogen (secondary N) is 1. The third kappa shape index (κ3) is 7.80. The zero-order valence-corrected chi connectivity index (χ0v) is 22.8. The summed E-state index contributed by atoms with van der Waals surface area (Å²) in [5.74, 6) is 1.76. The summed E-state index contributed by atoms with van der Waals surface area (Å²) in [6.07, 6.45) is 6.84. The average Bonchev–Trinajstić information content (AvgIpc) is 3.23. The summed E-state index contributed by atoms with van der Waals surface area (Å²) in [4.78, 5) is 22.3. The van der Waals surface area contributed by atoms with Crippen molar-refractivity contribution < 1.29 is 9.21 Å². The fourth-order valence-electron chi connectivity index (χ4n) is 4.99. The lowest BCUT2D eigenvalue weighted by molar-refractivity contribution is -0.126. The smallest absolute Gasteiger partial charge is 0.228 e. The summed E-state index contributed by atoms with van der Waals surface area (Å²) in [5.41, 5.74) is 2.87. The Bertz CT molecular complexity index is 911. The minimum atomic E-state index is 0.121. The second-order valence-corrected chi connectivity index (χ2v) is 9.96. The van der Waals surface area contributed by atoms with E-state index >= 15 is 0 Å². The van der Waals surface area contributed by atoms with E-state index in [9.17, 15) is 4.79 Å². The predicted molar refractivity (Wildman–Crippen MR) is 144 cm³/mol.